The van der Waals surface area contributed by atoms with Crippen LogP contribution in [0.25, 0.3) is 111 Å². The summed E-state index contributed by atoms with van der Waals surface area (Å²) in [4.78, 5) is 15.2. The maximum atomic E-state index is 6.45. The van der Waals surface area contributed by atoms with E-state index in [1.54, 1.807) is 0 Å². The first kappa shape index (κ1) is 31.9. The zero-order valence-corrected chi connectivity index (χ0v) is 30.1. The van der Waals surface area contributed by atoms with Crippen LogP contribution in [0.3, 0.4) is 0 Å². The number of furan rings is 2. The number of benzene rings is 8. The molecule has 0 radical (unpaired) electrons. The SMILES string of the molecule is c1ccc(-c2ccc(-c3ccc(-c4ccc5oc6cccc(-c7nc(-c8ccccc8)nc(-c8ccc9c(c8)oc8ccccc89)n7)c6c5c4)cc3)cc2)cc1. The van der Waals surface area contributed by atoms with Crippen molar-refractivity contribution in [2.45, 2.75) is 0 Å². The highest BCUT2D eigenvalue weighted by atomic mass is 16.3. The van der Waals surface area contributed by atoms with Crippen LogP contribution in [0.4, 0.5) is 0 Å². The van der Waals surface area contributed by atoms with Crippen LogP contribution in [0, 0.1) is 0 Å². The minimum absolute atomic E-state index is 0.566. The molecule has 0 N–H and O–H groups in total. The Morgan fingerprint density at radius 3 is 1.46 bits per heavy atom. The monoisotopic (exact) mass is 717 g/mol. The van der Waals surface area contributed by atoms with Crippen LogP contribution in [0.15, 0.2) is 197 Å². The second-order valence-corrected chi connectivity index (χ2v) is 14.0. The second kappa shape index (κ2) is 13.0. The van der Waals surface area contributed by atoms with Gasteiger partial charge in [-0.1, -0.05) is 152 Å². The van der Waals surface area contributed by atoms with Crippen molar-refractivity contribution < 1.29 is 8.83 Å². The van der Waals surface area contributed by atoms with Crippen LogP contribution in [-0.4, -0.2) is 15.0 Å². The molecule has 0 aliphatic carbocycles. The number of nitrogens with zero attached hydrogens (tertiary/aromatic N) is 3. The molecule has 5 nitrogen and oxygen atoms in total. The molecule has 5 heteroatoms. The highest BCUT2D eigenvalue weighted by Gasteiger charge is 2.19. The molecular formula is C51H31N3O2. The van der Waals surface area contributed by atoms with Gasteiger partial charge in [-0.2, -0.15) is 0 Å². The number of fused-ring (bicyclic) bond motifs is 6. The van der Waals surface area contributed by atoms with Gasteiger partial charge in [-0.05, 0) is 69.8 Å². The number of hydrogen-bond acceptors (Lipinski definition) is 5. The summed E-state index contributed by atoms with van der Waals surface area (Å²) in [5, 5.41) is 4.10. The topological polar surface area (TPSA) is 65.0 Å². The van der Waals surface area contributed by atoms with Crippen LogP contribution in [-0.2, 0) is 0 Å². The molecule has 11 rings (SSSR count). The first-order valence-corrected chi connectivity index (χ1v) is 18.7. The Kier molecular flexibility index (Phi) is 7.42. The second-order valence-electron chi connectivity index (χ2n) is 14.0. The molecule has 0 amide bonds. The molecule has 262 valence electrons. The van der Waals surface area contributed by atoms with Crippen molar-refractivity contribution in [1.29, 1.82) is 0 Å². The minimum Gasteiger partial charge on any atom is -0.456 e. The minimum atomic E-state index is 0.566. The molecular weight excluding hydrogens is 687 g/mol. The van der Waals surface area contributed by atoms with Crippen molar-refractivity contribution in [3.8, 4) is 67.5 Å². The van der Waals surface area contributed by atoms with E-state index in [9.17, 15) is 0 Å². The maximum absolute atomic E-state index is 6.45. The summed E-state index contributed by atoms with van der Waals surface area (Å²) in [5.41, 5.74) is 12.8. The van der Waals surface area contributed by atoms with Crippen LogP contribution >= 0.6 is 0 Å². The molecule has 0 aliphatic rings. The summed E-state index contributed by atoms with van der Waals surface area (Å²) in [6.45, 7) is 0. The van der Waals surface area contributed by atoms with Gasteiger partial charge in [-0.25, -0.2) is 15.0 Å². The van der Waals surface area contributed by atoms with E-state index in [4.69, 9.17) is 23.8 Å². The van der Waals surface area contributed by atoms with Crippen LogP contribution in [0.1, 0.15) is 0 Å². The van der Waals surface area contributed by atoms with Crippen LogP contribution < -0.4 is 0 Å². The third-order valence-electron chi connectivity index (χ3n) is 10.6. The molecule has 11 aromatic rings. The van der Waals surface area contributed by atoms with Crippen molar-refractivity contribution in [2.75, 3.05) is 0 Å². The molecule has 3 aromatic heterocycles. The summed E-state index contributed by atoms with van der Waals surface area (Å²) in [5.74, 6) is 1.73. The molecule has 0 aliphatic heterocycles. The van der Waals surface area contributed by atoms with Gasteiger partial charge in [-0.15, -0.1) is 0 Å². The Bertz CT molecular complexity index is 3220. The van der Waals surface area contributed by atoms with E-state index in [0.29, 0.717) is 17.5 Å². The van der Waals surface area contributed by atoms with Crippen LogP contribution in [0.5, 0.6) is 0 Å². The average Bonchev–Trinajstić information content (AvgIpc) is 3.85. The van der Waals surface area contributed by atoms with Crippen molar-refractivity contribution in [3.05, 3.63) is 188 Å². The highest BCUT2D eigenvalue weighted by molar-refractivity contribution is 6.13. The highest BCUT2D eigenvalue weighted by Crippen LogP contribution is 2.39. The van der Waals surface area contributed by atoms with Crippen molar-refractivity contribution >= 4 is 43.9 Å². The normalized spacial score (nSPS) is 11.6. The lowest BCUT2D eigenvalue weighted by Crippen LogP contribution is -2.00. The lowest BCUT2D eigenvalue weighted by Gasteiger charge is -2.09. The largest absolute Gasteiger partial charge is 0.456 e. The Hall–Kier alpha value is -7.63. The standard InChI is InChI=1S/C51H31N3O2/c1-3-10-32(11-4-1)33-18-20-34(21-19-33)35-22-24-36(25-23-35)38-27-29-45-43(30-38)48-42(15-9-17-46(48)55-45)51-53-49(37-12-5-2-6-13-37)52-50(54-51)39-26-28-41-40-14-7-8-16-44(40)56-47(41)31-39/h1-31H. The third-order valence-corrected chi connectivity index (χ3v) is 10.6. The van der Waals surface area contributed by atoms with Crippen molar-refractivity contribution in [1.82, 2.24) is 15.0 Å². The Morgan fingerprint density at radius 1 is 0.268 bits per heavy atom. The van der Waals surface area contributed by atoms with Gasteiger partial charge in [0, 0.05) is 38.2 Å². The fraction of sp³-hybridized carbons (Fsp3) is 0. The van der Waals surface area contributed by atoms with Gasteiger partial charge in [-0.3, -0.25) is 0 Å². The number of rotatable bonds is 6. The van der Waals surface area contributed by atoms with E-state index in [1.165, 1.54) is 22.3 Å². The smallest absolute Gasteiger partial charge is 0.164 e. The van der Waals surface area contributed by atoms with Gasteiger partial charge in [0.15, 0.2) is 17.5 Å². The molecule has 0 unspecified atom stereocenters. The van der Waals surface area contributed by atoms with E-state index >= 15 is 0 Å². The van der Waals surface area contributed by atoms with E-state index in [0.717, 1.165) is 71.7 Å². The Morgan fingerprint density at radius 2 is 0.750 bits per heavy atom. The molecule has 8 aromatic carbocycles. The third kappa shape index (κ3) is 5.53. The van der Waals surface area contributed by atoms with Crippen molar-refractivity contribution in [2.24, 2.45) is 0 Å². The van der Waals surface area contributed by atoms with Gasteiger partial charge in [0.25, 0.3) is 0 Å². The summed E-state index contributed by atoms with van der Waals surface area (Å²) in [6.07, 6.45) is 0. The Balaban J connectivity index is 1.00. The number of hydrogen-bond donors (Lipinski definition) is 0. The van der Waals surface area contributed by atoms with E-state index in [2.05, 4.69) is 115 Å². The predicted molar refractivity (Wildman–Crippen MR) is 227 cm³/mol. The lowest BCUT2D eigenvalue weighted by atomic mass is 9.97. The van der Waals surface area contributed by atoms with E-state index in [1.807, 2.05) is 72.8 Å². The molecule has 0 saturated heterocycles. The van der Waals surface area contributed by atoms with Crippen molar-refractivity contribution in [3.63, 3.8) is 0 Å². The van der Waals surface area contributed by atoms with Gasteiger partial charge in [0.2, 0.25) is 0 Å². The molecule has 0 fully saturated rings. The molecule has 0 bridgehead atoms. The van der Waals surface area contributed by atoms with Gasteiger partial charge in [0.1, 0.15) is 22.3 Å². The molecule has 56 heavy (non-hydrogen) atoms. The average molecular weight is 718 g/mol. The zero-order valence-electron chi connectivity index (χ0n) is 30.1. The number of aromatic nitrogens is 3. The number of para-hydroxylation sites is 1. The summed E-state index contributed by atoms with van der Waals surface area (Å²) >= 11 is 0. The summed E-state index contributed by atoms with van der Waals surface area (Å²) in [6, 6.07) is 64.7. The fourth-order valence-electron chi connectivity index (χ4n) is 7.74. The fourth-order valence-corrected chi connectivity index (χ4v) is 7.74. The summed E-state index contributed by atoms with van der Waals surface area (Å²) in [7, 11) is 0. The maximum Gasteiger partial charge on any atom is 0.164 e. The quantitative estimate of drug-likeness (QED) is 0.171. The van der Waals surface area contributed by atoms with E-state index < -0.39 is 0 Å². The van der Waals surface area contributed by atoms with Gasteiger partial charge < -0.3 is 8.83 Å². The lowest BCUT2D eigenvalue weighted by molar-refractivity contribution is 0.668. The molecule has 0 atom stereocenters. The Labute approximate surface area is 322 Å². The first-order valence-electron chi connectivity index (χ1n) is 18.7. The van der Waals surface area contributed by atoms with Gasteiger partial charge in [0.05, 0.1) is 0 Å². The first-order chi connectivity index (χ1) is 27.7. The van der Waals surface area contributed by atoms with E-state index in [-0.39, 0.29) is 0 Å². The molecule has 3 heterocycles. The van der Waals surface area contributed by atoms with Crippen LogP contribution in [0.2, 0.25) is 0 Å². The summed E-state index contributed by atoms with van der Waals surface area (Å²) < 4.78 is 12.7. The van der Waals surface area contributed by atoms with Gasteiger partial charge >= 0.3 is 0 Å². The predicted octanol–water partition coefficient (Wildman–Crippen LogP) is 13.7. The molecule has 0 spiro atoms. The molecule has 0 saturated carbocycles. The zero-order chi connectivity index (χ0) is 37.0.